The fourth-order valence-corrected chi connectivity index (χ4v) is 2.43. The zero-order chi connectivity index (χ0) is 15.4. The first-order valence-corrected chi connectivity index (χ1v) is 7.35. The van der Waals surface area contributed by atoms with E-state index in [0.29, 0.717) is 0 Å². The van der Waals surface area contributed by atoms with Crippen LogP contribution in [0.5, 0.6) is 0 Å². The first-order valence-electron chi connectivity index (χ1n) is 7.35. The standard InChI is InChI=1S/C16H18N4O2/c21-13-8-10-20(11-9-13)15-7-6-14(18-19-15)16(22)17-12-4-2-1-3-5-12/h1-7,13,21H,8-11H2,(H,17,22). The van der Waals surface area contributed by atoms with Gasteiger partial charge in [-0.05, 0) is 37.1 Å². The number of aromatic nitrogens is 2. The van der Waals surface area contributed by atoms with Crippen molar-refractivity contribution in [2.24, 2.45) is 0 Å². The SMILES string of the molecule is O=C(Nc1ccccc1)c1ccc(N2CCC(O)CC2)nn1. The molecular weight excluding hydrogens is 280 g/mol. The van der Waals surface area contributed by atoms with Crippen LogP contribution in [0.3, 0.4) is 0 Å². The highest BCUT2D eigenvalue weighted by Gasteiger charge is 2.19. The quantitative estimate of drug-likeness (QED) is 0.901. The van der Waals surface area contributed by atoms with E-state index in [4.69, 9.17) is 0 Å². The number of nitrogens with zero attached hydrogens (tertiary/aromatic N) is 3. The lowest BCUT2D eigenvalue weighted by atomic mass is 10.1. The van der Waals surface area contributed by atoms with Gasteiger partial charge in [0.2, 0.25) is 0 Å². The minimum atomic E-state index is -0.278. The lowest BCUT2D eigenvalue weighted by Crippen LogP contribution is -2.36. The average molecular weight is 298 g/mol. The molecule has 1 saturated heterocycles. The molecule has 1 aromatic heterocycles. The van der Waals surface area contributed by atoms with E-state index in [9.17, 15) is 9.90 Å². The molecule has 1 amide bonds. The lowest BCUT2D eigenvalue weighted by Gasteiger charge is -2.30. The van der Waals surface area contributed by atoms with Crippen molar-refractivity contribution in [1.82, 2.24) is 10.2 Å². The second kappa shape index (κ2) is 6.53. The van der Waals surface area contributed by atoms with Crippen molar-refractivity contribution < 1.29 is 9.90 Å². The zero-order valence-corrected chi connectivity index (χ0v) is 12.1. The van der Waals surface area contributed by atoms with Gasteiger partial charge in [-0.3, -0.25) is 4.79 Å². The molecule has 1 aliphatic rings. The number of nitrogens with one attached hydrogen (secondary N) is 1. The van der Waals surface area contributed by atoms with Crippen LogP contribution in [-0.4, -0.2) is 40.4 Å². The molecule has 114 valence electrons. The molecule has 0 spiro atoms. The fraction of sp³-hybridized carbons (Fsp3) is 0.312. The Hall–Kier alpha value is -2.47. The van der Waals surface area contributed by atoms with Crippen molar-refractivity contribution in [2.45, 2.75) is 18.9 Å². The summed E-state index contributed by atoms with van der Waals surface area (Å²) in [5.74, 6) is 0.461. The van der Waals surface area contributed by atoms with Crippen LogP contribution < -0.4 is 10.2 Å². The molecule has 0 atom stereocenters. The minimum Gasteiger partial charge on any atom is -0.393 e. The number of benzene rings is 1. The van der Waals surface area contributed by atoms with Gasteiger partial charge in [-0.2, -0.15) is 0 Å². The summed E-state index contributed by atoms with van der Waals surface area (Å²) in [4.78, 5) is 14.2. The molecule has 0 saturated carbocycles. The number of para-hydroxylation sites is 1. The molecule has 22 heavy (non-hydrogen) atoms. The molecule has 2 N–H and O–H groups in total. The monoisotopic (exact) mass is 298 g/mol. The van der Waals surface area contributed by atoms with Crippen molar-refractivity contribution in [1.29, 1.82) is 0 Å². The lowest BCUT2D eigenvalue weighted by molar-refractivity contribution is 0.102. The van der Waals surface area contributed by atoms with Crippen LogP contribution in [0, 0.1) is 0 Å². The first-order chi connectivity index (χ1) is 10.7. The van der Waals surface area contributed by atoms with Gasteiger partial charge >= 0.3 is 0 Å². The first kappa shape index (κ1) is 14.5. The Kier molecular flexibility index (Phi) is 4.29. The number of aliphatic hydroxyl groups is 1. The normalized spacial score (nSPS) is 15.6. The van der Waals surface area contributed by atoms with E-state index in [1.54, 1.807) is 12.1 Å². The number of rotatable bonds is 3. The summed E-state index contributed by atoms with van der Waals surface area (Å²) in [5, 5.41) is 20.4. The number of carbonyl (C=O) groups is 1. The number of anilines is 2. The molecule has 0 unspecified atom stereocenters. The highest BCUT2D eigenvalue weighted by atomic mass is 16.3. The molecule has 2 heterocycles. The molecule has 1 fully saturated rings. The predicted molar refractivity (Wildman–Crippen MR) is 83.9 cm³/mol. The Bertz CT molecular complexity index is 622. The molecule has 1 aromatic carbocycles. The van der Waals surface area contributed by atoms with E-state index in [2.05, 4.69) is 20.4 Å². The molecular formula is C16H18N4O2. The van der Waals surface area contributed by atoms with Crippen LogP contribution in [0.25, 0.3) is 0 Å². The predicted octanol–water partition coefficient (Wildman–Crippen LogP) is 1.69. The fourth-order valence-electron chi connectivity index (χ4n) is 2.43. The van der Waals surface area contributed by atoms with Gasteiger partial charge in [-0.15, -0.1) is 10.2 Å². The summed E-state index contributed by atoms with van der Waals surface area (Å²) in [6.07, 6.45) is 1.25. The molecule has 2 aromatic rings. The van der Waals surface area contributed by atoms with Crippen LogP contribution in [0.15, 0.2) is 42.5 Å². The van der Waals surface area contributed by atoms with Crippen molar-refractivity contribution in [3.63, 3.8) is 0 Å². The Morgan fingerprint density at radius 2 is 1.82 bits per heavy atom. The van der Waals surface area contributed by atoms with E-state index in [-0.39, 0.29) is 17.7 Å². The highest BCUT2D eigenvalue weighted by molar-refractivity contribution is 6.02. The van der Waals surface area contributed by atoms with Gasteiger partial charge in [0.15, 0.2) is 11.5 Å². The number of carbonyl (C=O) groups excluding carboxylic acids is 1. The molecule has 0 radical (unpaired) electrons. The Balaban J connectivity index is 1.65. The molecule has 0 aliphatic carbocycles. The molecule has 0 bridgehead atoms. The van der Waals surface area contributed by atoms with Gasteiger partial charge < -0.3 is 15.3 Å². The van der Waals surface area contributed by atoms with Crippen LogP contribution in [0.4, 0.5) is 11.5 Å². The van der Waals surface area contributed by atoms with Gasteiger partial charge in [0.25, 0.3) is 5.91 Å². The third-order valence-corrected chi connectivity index (χ3v) is 3.70. The van der Waals surface area contributed by atoms with E-state index in [0.717, 1.165) is 37.4 Å². The topological polar surface area (TPSA) is 78.4 Å². The zero-order valence-electron chi connectivity index (χ0n) is 12.1. The van der Waals surface area contributed by atoms with Crippen LogP contribution in [0.2, 0.25) is 0 Å². The van der Waals surface area contributed by atoms with Gasteiger partial charge in [-0.1, -0.05) is 18.2 Å². The molecule has 3 rings (SSSR count). The average Bonchev–Trinajstić information content (AvgIpc) is 2.57. The summed E-state index contributed by atoms with van der Waals surface area (Å²) in [6, 6.07) is 12.7. The van der Waals surface area contributed by atoms with Crippen molar-refractivity contribution in [3.8, 4) is 0 Å². The van der Waals surface area contributed by atoms with Gasteiger partial charge in [0, 0.05) is 18.8 Å². The maximum atomic E-state index is 12.1. The number of hydrogen-bond donors (Lipinski definition) is 2. The van der Waals surface area contributed by atoms with Crippen molar-refractivity contribution in [3.05, 3.63) is 48.2 Å². The second-order valence-corrected chi connectivity index (χ2v) is 5.32. The highest BCUT2D eigenvalue weighted by Crippen LogP contribution is 2.17. The maximum Gasteiger partial charge on any atom is 0.276 e. The van der Waals surface area contributed by atoms with Crippen LogP contribution in [0.1, 0.15) is 23.3 Å². The van der Waals surface area contributed by atoms with Gasteiger partial charge in [0.1, 0.15) is 0 Å². The number of amides is 1. The summed E-state index contributed by atoms with van der Waals surface area (Å²) in [6.45, 7) is 1.51. The Morgan fingerprint density at radius 1 is 1.09 bits per heavy atom. The summed E-state index contributed by atoms with van der Waals surface area (Å²) >= 11 is 0. The second-order valence-electron chi connectivity index (χ2n) is 5.32. The number of aliphatic hydroxyl groups excluding tert-OH is 1. The maximum absolute atomic E-state index is 12.1. The smallest absolute Gasteiger partial charge is 0.276 e. The summed E-state index contributed by atoms with van der Waals surface area (Å²) < 4.78 is 0. The van der Waals surface area contributed by atoms with E-state index >= 15 is 0 Å². The third-order valence-electron chi connectivity index (χ3n) is 3.70. The van der Waals surface area contributed by atoms with Gasteiger partial charge in [0.05, 0.1) is 6.10 Å². The number of hydrogen-bond acceptors (Lipinski definition) is 5. The molecule has 6 heteroatoms. The molecule has 1 aliphatic heterocycles. The third kappa shape index (κ3) is 3.40. The largest absolute Gasteiger partial charge is 0.393 e. The Labute approximate surface area is 128 Å². The van der Waals surface area contributed by atoms with Gasteiger partial charge in [-0.25, -0.2) is 0 Å². The van der Waals surface area contributed by atoms with E-state index < -0.39 is 0 Å². The van der Waals surface area contributed by atoms with Crippen molar-refractivity contribution >= 4 is 17.4 Å². The van der Waals surface area contributed by atoms with E-state index in [1.165, 1.54) is 0 Å². The molecule has 6 nitrogen and oxygen atoms in total. The van der Waals surface area contributed by atoms with Crippen molar-refractivity contribution in [2.75, 3.05) is 23.3 Å². The van der Waals surface area contributed by atoms with Crippen LogP contribution >= 0.6 is 0 Å². The minimum absolute atomic E-state index is 0.222. The number of piperidine rings is 1. The summed E-state index contributed by atoms with van der Waals surface area (Å²) in [5.41, 5.74) is 1.01. The summed E-state index contributed by atoms with van der Waals surface area (Å²) in [7, 11) is 0. The van der Waals surface area contributed by atoms with E-state index in [1.807, 2.05) is 30.3 Å². The van der Waals surface area contributed by atoms with Crippen LogP contribution in [-0.2, 0) is 0 Å². The Morgan fingerprint density at radius 3 is 2.45 bits per heavy atom.